The third kappa shape index (κ3) is 5.56. The predicted octanol–water partition coefficient (Wildman–Crippen LogP) is 8.54. The van der Waals surface area contributed by atoms with Crippen molar-refractivity contribution in [2.24, 2.45) is 0 Å². The summed E-state index contributed by atoms with van der Waals surface area (Å²) in [7, 11) is 0. The zero-order chi connectivity index (χ0) is 28.5. The molecule has 10 heteroatoms. The zero-order valence-corrected chi connectivity index (χ0v) is 24.1. The van der Waals surface area contributed by atoms with Crippen LogP contribution in [0.5, 0.6) is 0 Å². The number of hydrogen-bond donors (Lipinski definition) is 1. The molecule has 7 nitrogen and oxygen atoms in total. The zero-order valence-electron chi connectivity index (χ0n) is 21.7. The van der Waals surface area contributed by atoms with Crippen molar-refractivity contribution in [3.8, 4) is 11.3 Å². The molecule has 5 aromatic rings. The molecule has 0 amide bonds. The molecule has 0 spiro atoms. The van der Waals surface area contributed by atoms with Gasteiger partial charge in [0.25, 0.3) is 5.69 Å². The van der Waals surface area contributed by atoms with E-state index >= 15 is 0 Å². The highest BCUT2D eigenvalue weighted by Gasteiger charge is 2.42. The van der Waals surface area contributed by atoms with Crippen LogP contribution in [0.2, 0.25) is 5.02 Å². The number of hydrogen-bond acceptors (Lipinski definition) is 6. The number of rotatable bonds is 7. The summed E-state index contributed by atoms with van der Waals surface area (Å²) in [6, 6.07) is 29.7. The fourth-order valence-corrected chi connectivity index (χ4v) is 6.12. The molecular formula is C31H23ClN4O3S2. The smallest absolute Gasteiger partial charge is 0.269 e. The average Bonchev–Trinajstić information content (AvgIpc) is 3.60. The number of pyridine rings is 1. The van der Waals surface area contributed by atoms with Crippen LogP contribution in [0.15, 0.2) is 117 Å². The van der Waals surface area contributed by atoms with Crippen LogP contribution in [-0.4, -0.2) is 15.0 Å². The second-order valence-corrected chi connectivity index (χ2v) is 11.5. The third-order valence-electron chi connectivity index (χ3n) is 6.87. The van der Waals surface area contributed by atoms with Crippen molar-refractivity contribution in [1.82, 2.24) is 10.3 Å². The number of aromatic nitrogens is 1. The van der Waals surface area contributed by atoms with Gasteiger partial charge in [0.1, 0.15) is 17.6 Å². The molecule has 3 heterocycles. The van der Waals surface area contributed by atoms with Gasteiger partial charge in [0.05, 0.1) is 16.7 Å². The monoisotopic (exact) mass is 598 g/mol. The van der Waals surface area contributed by atoms with Crippen LogP contribution in [0, 0.1) is 17.0 Å². The van der Waals surface area contributed by atoms with Crippen LogP contribution in [-0.2, 0) is 0 Å². The number of thiocarbonyl (C=S) groups is 1. The fourth-order valence-electron chi connectivity index (χ4n) is 4.78. The molecule has 1 aliphatic rings. The molecule has 3 aromatic carbocycles. The second kappa shape index (κ2) is 11.4. The molecule has 41 heavy (non-hydrogen) atoms. The minimum absolute atomic E-state index is 0.0693. The van der Waals surface area contributed by atoms with Crippen molar-refractivity contribution in [3.63, 3.8) is 0 Å². The number of anilines is 1. The molecule has 6 rings (SSSR count). The maximum atomic E-state index is 11.0. The molecular weight excluding hydrogens is 576 g/mol. The molecule has 0 saturated carbocycles. The van der Waals surface area contributed by atoms with E-state index < -0.39 is 4.92 Å². The number of nitro groups is 1. The van der Waals surface area contributed by atoms with E-state index in [1.54, 1.807) is 18.3 Å². The Morgan fingerprint density at radius 3 is 2.39 bits per heavy atom. The third-order valence-corrected chi connectivity index (χ3v) is 8.61. The molecule has 2 atom stereocenters. The molecule has 1 N–H and O–H groups in total. The van der Waals surface area contributed by atoms with Gasteiger partial charge >= 0.3 is 0 Å². The summed E-state index contributed by atoms with van der Waals surface area (Å²) in [5.41, 5.74) is 3.72. The van der Waals surface area contributed by atoms with Crippen LogP contribution in [0.3, 0.4) is 0 Å². The highest BCUT2D eigenvalue weighted by atomic mass is 35.5. The van der Waals surface area contributed by atoms with Gasteiger partial charge in [0, 0.05) is 44.4 Å². The average molecular weight is 599 g/mol. The van der Waals surface area contributed by atoms with E-state index in [1.807, 2.05) is 79.7 Å². The van der Waals surface area contributed by atoms with Crippen molar-refractivity contribution in [3.05, 3.63) is 135 Å². The van der Waals surface area contributed by atoms with E-state index in [4.69, 9.17) is 28.2 Å². The quantitative estimate of drug-likeness (QED) is 0.113. The van der Waals surface area contributed by atoms with Crippen LogP contribution in [0.4, 0.5) is 11.4 Å². The first-order valence-corrected chi connectivity index (χ1v) is 14.4. The van der Waals surface area contributed by atoms with Gasteiger partial charge in [-0.25, -0.2) is 0 Å². The number of non-ortho nitro benzene ring substituents is 1. The SMILES string of the molecule is Cc1ccc(-c2ccc([C@H]3[C@H](c4ccccn4)NC(=S)N3c3ccc(Sc4ccc([N+](=O)[O-])cc4)cc3)o2)cc1Cl. The van der Waals surface area contributed by atoms with Crippen molar-refractivity contribution in [1.29, 1.82) is 0 Å². The summed E-state index contributed by atoms with van der Waals surface area (Å²) in [4.78, 5) is 19.1. The van der Waals surface area contributed by atoms with Crippen molar-refractivity contribution < 1.29 is 9.34 Å². The van der Waals surface area contributed by atoms with Gasteiger partial charge in [0.2, 0.25) is 0 Å². The normalized spacial score (nSPS) is 16.5. The molecule has 1 saturated heterocycles. The molecule has 0 aliphatic carbocycles. The lowest BCUT2D eigenvalue weighted by Gasteiger charge is -2.26. The molecule has 0 bridgehead atoms. The fraction of sp³-hybridized carbons (Fsp3) is 0.0968. The molecule has 2 aromatic heterocycles. The molecule has 0 radical (unpaired) electrons. The lowest BCUT2D eigenvalue weighted by atomic mass is 10.0. The molecule has 1 fully saturated rings. The predicted molar refractivity (Wildman–Crippen MR) is 165 cm³/mol. The van der Waals surface area contributed by atoms with E-state index in [0.29, 0.717) is 15.9 Å². The van der Waals surface area contributed by atoms with Crippen molar-refractivity contribution >= 4 is 52.1 Å². The van der Waals surface area contributed by atoms with E-state index in [1.165, 1.54) is 23.9 Å². The standard InChI is InChI=1S/C31H23ClN4O3S2/c1-19-5-6-20(18-25(19)32)27-15-16-28(39-27)30-29(26-4-2-3-17-33-26)34-31(40)35(30)21-7-11-23(12-8-21)41-24-13-9-22(10-14-24)36(37)38/h2-18,29-30H,1H3,(H,34,40)/t29-,30-/m0/s1. The number of aryl methyl sites for hydroxylation is 1. The van der Waals surface area contributed by atoms with Crippen LogP contribution < -0.4 is 10.2 Å². The molecule has 1 aliphatic heterocycles. The van der Waals surface area contributed by atoms with Gasteiger partial charge < -0.3 is 14.6 Å². The van der Waals surface area contributed by atoms with Crippen molar-refractivity contribution in [2.75, 3.05) is 4.90 Å². The summed E-state index contributed by atoms with van der Waals surface area (Å²) in [6.45, 7) is 1.97. The lowest BCUT2D eigenvalue weighted by Crippen LogP contribution is -2.29. The highest BCUT2D eigenvalue weighted by molar-refractivity contribution is 7.99. The summed E-state index contributed by atoms with van der Waals surface area (Å²) in [6.07, 6.45) is 1.77. The molecule has 0 unspecified atom stereocenters. The van der Waals surface area contributed by atoms with Gasteiger partial charge in [-0.1, -0.05) is 41.6 Å². The van der Waals surface area contributed by atoms with Gasteiger partial charge in [-0.15, -0.1) is 0 Å². The Kier molecular flexibility index (Phi) is 7.49. The molecule has 204 valence electrons. The second-order valence-electron chi connectivity index (χ2n) is 9.51. The number of nitro benzene ring substituents is 1. The maximum Gasteiger partial charge on any atom is 0.269 e. The number of furan rings is 1. The van der Waals surface area contributed by atoms with Crippen LogP contribution in [0.25, 0.3) is 11.3 Å². The lowest BCUT2D eigenvalue weighted by molar-refractivity contribution is -0.384. The van der Waals surface area contributed by atoms with Gasteiger partial charge in [-0.05, 0) is 91.4 Å². The van der Waals surface area contributed by atoms with E-state index in [9.17, 15) is 10.1 Å². The van der Waals surface area contributed by atoms with E-state index in [-0.39, 0.29) is 17.8 Å². The summed E-state index contributed by atoms with van der Waals surface area (Å²) >= 11 is 13.8. The summed E-state index contributed by atoms with van der Waals surface area (Å²) in [5.74, 6) is 1.46. The van der Waals surface area contributed by atoms with Crippen molar-refractivity contribution in [2.45, 2.75) is 28.8 Å². The van der Waals surface area contributed by atoms with Gasteiger partial charge in [0.15, 0.2) is 5.11 Å². The first-order chi connectivity index (χ1) is 19.9. The number of benzene rings is 3. The van der Waals surface area contributed by atoms with Gasteiger partial charge in [-0.3, -0.25) is 15.1 Å². The largest absolute Gasteiger partial charge is 0.459 e. The first kappa shape index (κ1) is 27.0. The van der Waals surface area contributed by atoms with E-state index in [0.717, 1.165) is 38.1 Å². The number of nitrogens with one attached hydrogen (secondary N) is 1. The first-order valence-electron chi connectivity index (χ1n) is 12.8. The minimum Gasteiger partial charge on any atom is -0.459 e. The van der Waals surface area contributed by atoms with Gasteiger partial charge in [-0.2, -0.15) is 0 Å². The Balaban J connectivity index is 1.32. The Labute approximate surface area is 251 Å². The topological polar surface area (TPSA) is 84.4 Å². The van der Waals surface area contributed by atoms with Crippen LogP contribution >= 0.6 is 35.6 Å². The Bertz CT molecular complexity index is 1730. The highest BCUT2D eigenvalue weighted by Crippen LogP contribution is 2.43. The Morgan fingerprint density at radius 1 is 1.00 bits per heavy atom. The van der Waals surface area contributed by atoms with Crippen LogP contribution in [0.1, 0.15) is 29.1 Å². The number of halogens is 1. The number of nitrogens with zero attached hydrogens (tertiary/aromatic N) is 3. The summed E-state index contributed by atoms with van der Waals surface area (Å²) in [5, 5.41) is 15.7. The Morgan fingerprint density at radius 2 is 1.73 bits per heavy atom. The van der Waals surface area contributed by atoms with E-state index in [2.05, 4.69) is 15.2 Å². The maximum absolute atomic E-state index is 11.0. The minimum atomic E-state index is -0.400. The Hall–Kier alpha value is -4.18. The summed E-state index contributed by atoms with van der Waals surface area (Å²) < 4.78 is 6.45.